The standard InChI is InChI=1S/C13H19N3O6/c17-10-5-6-11(18)16(10)22-12(19)14-9-3-1-7-15(13(20)21)8-2-4-9/h5-6,9,17-18H,1-4,7-8H2,(H,14,19)(H,20,21). The summed E-state index contributed by atoms with van der Waals surface area (Å²) in [5.41, 5.74) is 0. The Labute approximate surface area is 126 Å². The van der Waals surface area contributed by atoms with E-state index in [0.717, 1.165) is 0 Å². The SMILES string of the molecule is O=C(NC1CCCN(C(=O)O)CCC1)On1c(O)ccc1O. The lowest BCUT2D eigenvalue weighted by Crippen LogP contribution is -2.42. The Morgan fingerprint density at radius 3 is 2.18 bits per heavy atom. The predicted octanol–water partition coefficient (Wildman–Crippen LogP) is 0.960. The monoisotopic (exact) mass is 313 g/mol. The second-order valence-corrected chi connectivity index (χ2v) is 5.12. The number of nitrogens with one attached hydrogen (secondary N) is 1. The average Bonchev–Trinajstić information content (AvgIpc) is 2.73. The number of aromatic hydroxyl groups is 2. The van der Waals surface area contributed by atoms with Crippen molar-refractivity contribution < 1.29 is 29.7 Å². The number of carboxylic acid groups (broad SMARTS) is 1. The topological polar surface area (TPSA) is 124 Å². The average molecular weight is 313 g/mol. The van der Waals surface area contributed by atoms with Crippen LogP contribution in [0, 0.1) is 0 Å². The smallest absolute Gasteiger partial charge is 0.432 e. The summed E-state index contributed by atoms with van der Waals surface area (Å²) in [7, 11) is 0. The molecule has 2 amide bonds. The van der Waals surface area contributed by atoms with Crippen molar-refractivity contribution in [2.45, 2.75) is 31.7 Å². The molecule has 0 radical (unpaired) electrons. The summed E-state index contributed by atoms with van der Waals surface area (Å²) in [4.78, 5) is 28.9. The quantitative estimate of drug-likeness (QED) is 0.644. The minimum absolute atomic E-state index is 0.136. The Morgan fingerprint density at radius 1 is 1.14 bits per heavy atom. The first-order chi connectivity index (χ1) is 10.5. The molecule has 0 aliphatic carbocycles. The van der Waals surface area contributed by atoms with Crippen molar-refractivity contribution in [3.8, 4) is 11.8 Å². The van der Waals surface area contributed by atoms with Crippen LogP contribution in [-0.4, -0.2) is 56.3 Å². The van der Waals surface area contributed by atoms with Crippen LogP contribution in [0.2, 0.25) is 0 Å². The van der Waals surface area contributed by atoms with E-state index in [2.05, 4.69) is 5.32 Å². The molecule has 22 heavy (non-hydrogen) atoms. The number of carbonyl (C=O) groups is 2. The number of nitrogens with zero attached hydrogens (tertiary/aromatic N) is 2. The Kier molecular flexibility index (Phi) is 4.97. The molecule has 1 aromatic heterocycles. The molecule has 2 rings (SSSR count). The number of likely N-dealkylation sites (tertiary alicyclic amines) is 1. The van der Waals surface area contributed by atoms with Crippen LogP contribution in [0.5, 0.6) is 11.8 Å². The van der Waals surface area contributed by atoms with Gasteiger partial charge >= 0.3 is 12.2 Å². The molecular weight excluding hydrogens is 294 g/mol. The minimum atomic E-state index is -0.927. The highest BCUT2D eigenvalue weighted by atomic mass is 16.7. The van der Waals surface area contributed by atoms with Crippen molar-refractivity contribution in [2.75, 3.05) is 13.1 Å². The molecule has 1 saturated heterocycles. The summed E-state index contributed by atoms with van der Waals surface area (Å²) in [6.45, 7) is 0.865. The molecule has 0 aromatic carbocycles. The summed E-state index contributed by atoms with van der Waals surface area (Å²) < 4.78 is 0.615. The molecule has 1 aliphatic heterocycles. The minimum Gasteiger partial charge on any atom is -0.492 e. The zero-order valence-electron chi connectivity index (χ0n) is 11.9. The fourth-order valence-electron chi connectivity index (χ4n) is 2.42. The van der Waals surface area contributed by atoms with Gasteiger partial charge in [-0.3, -0.25) is 0 Å². The maximum atomic E-state index is 11.8. The van der Waals surface area contributed by atoms with Crippen molar-refractivity contribution in [1.29, 1.82) is 0 Å². The predicted molar refractivity (Wildman–Crippen MR) is 74.7 cm³/mol. The van der Waals surface area contributed by atoms with Gasteiger partial charge in [0.1, 0.15) is 0 Å². The second-order valence-electron chi connectivity index (χ2n) is 5.12. The van der Waals surface area contributed by atoms with Gasteiger partial charge in [0.2, 0.25) is 11.8 Å². The van der Waals surface area contributed by atoms with Gasteiger partial charge in [0.25, 0.3) is 0 Å². The van der Waals surface area contributed by atoms with E-state index in [1.54, 1.807) is 0 Å². The van der Waals surface area contributed by atoms with Crippen LogP contribution in [0.4, 0.5) is 9.59 Å². The van der Waals surface area contributed by atoms with Crippen molar-refractivity contribution in [3.63, 3.8) is 0 Å². The van der Waals surface area contributed by atoms with Crippen LogP contribution in [0.25, 0.3) is 0 Å². The molecule has 9 nitrogen and oxygen atoms in total. The third-order valence-corrected chi connectivity index (χ3v) is 3.53. The van der Waals surface area contributed by atoms with Crippen molar-refractivity contribution >= 4 is 12.2 Å². The molecule has 0 unspecified atom stereocenters. The van der Waals surface area contributed by atoms with E-state index in [1.807, 2.05) is 0 Å². The Balaban J connectivity index is 1.83. The molecule has 0 saturated carbocycles. The van der Waals surface area contributed by atoms with E-state index in [1.165, 1.54) is 17.0 Å². The molecule has 4 N–H and O–H groups in total. The van der Waals surface area contributed by atoms with Gasteiger partial charge in [-0.2, -0.15) is 0 Å². The van der Waals surface area contributed by atoms with Gasteiger partial charge in [0.05, 0.1) is 0 Å². The second kappa shape index (κ2) is 6.92. The van der Waals surface area contributed by atoms with Crippen molar-refractivity contribution in [3.05, 3.63) is 12.1 Å². The van der Waals surface area contributed by atoms with Gasteiger partial charge in [0, 0.05) is 31.3 Å². The number of hydrogen-bond donors (Lipinski definition) is 4. The van der Waals surface area contributed by atoms with Crippen LogP contribution in [-0.2, 0) is 0 Å². The highest BCUT2D eigenvalue weighted by Gasteiger charge is 2.20. The van der Waals surface area contributed by atoms with Crippen LogP contribution in [0.3, 0.4) is 0 Å². The van der Waals surface area contributed by atoms with E-state index in [-0.39, 0.29) is 17.8 Å². The lowest BCUT2D eigenvalue weighted by molar-refractivity contribution is 0.102. The Morgan fingerprint density at radius 2 is 1.68 bits per heavy atom. The van der Waals surface area contributed by atoms with Gasteiger partial charge in [-0.05, 0) is 25.7 Å². The maximum Gasteiger partial charge on any atom is 0.432 e. The molecule has 0 spiro atoms. The lowest BCUT2D eigenvalue weighted by Gasteiger charge is -2.26. The highest BCUT2D eigenvalue weighted by Crippen LogP contribution is 2.19. The number of hydrogen-bond acceptors (Lipinski definition) is 5. The van der Waals surface area contributed by atoms with Crippen LogP contribution >= 0.6 is 0 Å². The fourth-order valence-corrected chi connectivity index (χ4v) is 2.42. The molecule has 0 bridgehead atoms. The van der Waals surface area contributed by atoms with Gasteiger partial charge < -0.3 is 30.4 Å². The first kappa shape index (κ1) is 15.8. The number of aromatic nitrogens is 1. The summed E-state index contributed by atoms with van der Waals surface area (Å²) >= 11 is 0. The lowest BCUT2D eigenvalue weighted by atomic mass is 10.0. The van der Waals surface area contributed by atoms with E-state index in [4.69, 9.17) is 9.94 Å². The first-order valence-electron chi connectivity index (χ1n) is 7.03. The summed E-state index contributed by atoms with van der Waals surface area (Å²) in [6, 6.07) is 2.25. The normalized spacial score (nSPS) is 16.6. The van der Waals surface area contributed by atoms with Crippen LogP contribution < -0.4 is 10.2 Å². The number of amides is 2. The summed E-state index contributed by atoms with van der Waals surface area (Å²) in [5.74, 6) is -0.773. The highest BCUT2D eigenvalue weighted by molar-refractivity contribution is 5.68. The van der Waals surface area contributed by atoms with E-state index >= 15 is 0 Å². The zero-order valence-corrected chi connectivity index (χ0v) is 11.9. The van der Waals surface area contributed by atoms with E-state index in [9.17, 15) is 19.8 Å². The van der Waals surface area contributed by atoms with Gasteiger partial charge in [0.15, 0.2) is 0 Å². The molecular formula is C13H19N3O6. The maximum absolute atomic E-state index is 11.8. The third-order valence-electron chi connectivity index (χ3n) is 3.53. The fraction of sp³-hybridized carbons (Fsp3) is 0.538. The van der Waals surface area contributed by atoms with E-state index in [0.29, 0.717) is 43.5 Å². The largest absolute Gasteiger partial charge is 0.492 e. The van der Waals surface area contributed by atoms with Crippen molar-refractivity contribution in [1.82, 2.24) is 14.9 Å². The third kappa shape index (κ3) is 3.96. The van der Waals surface area contributed by atoms with Gasteiger partial charge in [-0.25, -0.2) is 9.59 Å². The molecule has 1 aliphatic rings. The molecule has 0 atom stereocenters. The van der Waals surface area contributed by atoms with Crippen LogP contribution in [0.1, 0.15) is 25.7 Å². The zero-order chi connectivity index (χ0) is 16.1. The Bertz CT molecular complexity index is 514. The number of rotatable bonds is 2. The Hall–Kier alpha value is -2.58. The van der Waals surface area contributed by atoms with Gasteiger partial charge in [-0.15, -0.1) is 4.73 Å². The molecule has 122 valence electrons. The molecule has 1 fully saturated rings. The molecule has 2 heterocycles. The van der Waals surface area contributed by atoms with Crippen molar-refractivity contribution in [2.24, 2.45) is 0 Å². The molecule has 1 aromatic rings. The molecule has 9 heteroatoms. The van der Waals surface area contributed by atoms with Crippen LogP contribution in [0.15, 0.2) is 12.1 Å². The summed E-state index contributed by atoms with van der Waals surface area (Å²) in [6.07, 6.45) is 0.811. The summed E-state index contributed by atoms with van der Waals surface area (Å²) in [5, 5.41) is 30.4. The first-order valence-corrected chi connectivity index (χ1v) is 7.03. The number of carbonyl (C=O) groups excluding carboxylic acids is 1. The van der Waals surface area contributed by atoms with E-state index < -0.39 is 12.2 Å². The van der Waals surface area contributed by atoms with Gasteiger partial charge in [-0.1, -0.05) is 0 Å².